The van der Waals surface area contributed by atoms with Gasteiger partial charge in [0.25, 0.3) is 5.01 Å². The second kappa shape index (κ2) is 12.3. The number of carbonyl (C=O) groups excluding carboxylic acids is 1. The fourth-order valence-electron chi connectivity index (χ4n) is 6.08. The molecule has 0 radical (unpaired) electrons. The first-order valence-corrected chi connectivity index (χ1v) is 17.3. The van der Waals surface area contributed by atoms with Crippen LogP contribution < -0.4 is 35.9 Å². The Hall–Kier alpha value is -4.53. The molecule has 0 bridgehead atoms. The van der Waals surface area contributed by atoms with Crippen molar-refractivity contribution in [3.63, 3.8) is 0 Å². The normalized spacial score (nSPS) is 15.3. The third-order valence-corrected chi connectivity index (χ3v) is 10.9. The van der Waals surface area contributed by atoms with Gasteiger partial charge in [0.15, 0.2) is 12.3 Å². The molecule has 2 heterocycles. The van der Waals surface area contributed by atoms with Gasteiger partial charge in [-0.3, -0.25) is 14.4 Å². The van der Waals surface area contributed by atoms with E-state index in [1.54, 1.807) is 59.5 Å². The molecule has 1 aromatic heterocycles. The predicted molar refractivity (Wildman–Crippen MR) is 183 cm³/mol. The number of ketones is 1. The SMILES string of the molecule is CCCCN1C(=CC2=C([O-])C(=c3ccc(=c4c(=O)c(=Cc5sc6ccccc6[n+]5CCCC)c4=O)cc3)C2=O)Sc2ccccc21. The number of aromatic nitrogens is 1. The van der Waals surface area contributed by atoms with Crippen molar-refractivity contribution in [1.29, 1.82) is 0 Å². The number of thioether (sulfide) groups is 1. The highest BCUT2D eigenvalue weighted by Gasteiger charge is 2.30. The molecule has 2 aliphatic rings. The Labute approximate surface area is 274 Å². The van der Waals surface area contributed by atoms with Crippen molar-refractivity contribution in [2.45, 2.75) is 51.0 Å². The highest BCUT2D eigenvalue weighted by atomic mass is 32.2. The summed E-state index contributed by atoms with van der Waals surface area (Å²) in [6.07, 6.45) is 7.52. The first kappa shape index (κ1) is 30.1. The number of anilines is 1. The molecule has 0 fully saturated rings. The molecule has 5 aromatic rings. The van der Waals surface area contributed by atoms with Crippen molar-refractivity contribution < 1.29 is 14.5 Å². The van der Waals surface area contributed by atoms with Crippen LogP contribution in [0, 0.1) is 10.4 Å². The third kappa shape index (κ3) is 5.06. The first-order chi connectivity index (χ1) is 22.4. The lowest BCUT2D eigenvalue weighted by molar-refractivity contribution is -0.669. The van der Waals surface area contributed by atoms with Crippen LogP contribution >= 0.6 is 23.1 Å². The minimum Gasteiger partial charge on any atom is -0.871 e. The molecule has 8 heteroatoms. The second-order valence-electron chi connectivity index (χ2n) is 11.6. The van der Waals surface area contributed by atoms with Crippen LogP contribution in [-0.2, 0) is 11.3 Å². The minimum absolute atomic E-state index is 0.136. The number of benzene rings is 3. The van der Waals surface area contributed by atoms with E-state index in [-0.39, 0.29) is 44.0 Å². The number of Topliss-reactive ketones (excluding diaryl/α,β-unsaturated/α-hetero) is 1. The van der Waals surface area contributed by atoms with Crippen molar-refractivity contribution >= 4 is 56.4 Å². The van der Waals surface area contributed by atoms with Crippen molar-refractivity contribution in [1.82, 2.24) is 0 Å². The lowest BCUT2D eigenvalue weighted by Crippen LogP contribution is -2.50. The molecule has 0 unspecified atom stereocenters. The van der Waals surface area contributed by atoms with Crippen molar-refractivity contribution in [3.8, 4) is 0 Å². The lowest BCUT2D eigenvalue weighted by Gasteiger charge is -2.30. The minimum atomic E-state index is -0.286. The van der Waals surface area contributed by atoms with Crippen LogP contribution in [-0.4, -0.2) is 12.3 Å². The van der Waals surface area contributed by atoms with Gasteiger partial charge < -0.3 is 10.0 Å². The molecule has 46 heavy (non-hydrogen) atoms. The standard InChI is InChI=1S/C38H32N2O4S2/c1-3-5-19-39-27-11-7-9-13-29(27)45-31(39)21-25-35(41)33(36(25)42)23-15-17-24(18-16-23)34-37(43)26(38(34)44)22-32-40(20-6-4-2)28-12-8-10-14-30(28)46-32/h7-18,21-22H,3-6,19-20H2,1-2H3. The Morgan fingerprint density at radius 2 is 1.52 bits per heavy atom. The molecule has 0 atom stereocenters. The Bertz CT molecular complexity index is 2360. The molecule has 7 rings (SSSR count). The van der Waals surface area contributed by atoms with Crippen LogP contribution in [0.4, 0.5) is 5.69 Å². The van der Waals surface area contributed by atoms with Gasteiger partial charge in [0.2, 0.25) is 16.4 Å². The number of carbonyl (C=O) groups is 1. The monoisotopic (exact) mass is 644 g/mol. The molecule has 0 spiro atoms. The summed E-state index contributed by atoms with van der Waals surface area (Å²) in [5.41, 5.74) is 1.94. The first-order valence-electron chi connectivity index (χ1n) is 15.7. The van der Waals surface area contributed by atoms with Crippen LogP contribution in [0.2, 0.25) is 0 Å². The topological polar surface area (TPSA) is 81.4 Å². The van der Waals surface area contributed by atoms with Crippen LogP contribution in [0.1, 0.15) is 44.5 Å². The summed E-state index contributed by atoms with van der Waals surface area (Å²) in [5.74, 6) is -0.573. The van der Waals surface area contributed by atoms with E-state index in [1.807, 2.05) is 24.3 Å². The Morgan fingerprint density at radius 3 is 2.26 bits per heavy atom. The highest BCUT2D eigenvalue weighted by Crippen LogP contribution is 2.47. The van der Waals surface area contributed by atoms with Gasteiger partial charge in [0.05, 0.1) is 21.2 Å². The molecule has 0 amide bonds. The molecule has 1 aliphatic heterocycles. The molecule has 230 valence electrons. The van der Waals surface area contributed by atoms with Gasteiger partial charge in [0.1, 0.15) is 4.70 Å². The summed E-state index contributed by atoms with van der Waals surface area (Å²) in [5, 5.41) is 16.3. The number of para-hydroxylation sites is 2. The van der Waals surface area contributed by atoms with E-state index < -0.39 is 0 Å². The summed E-state index contributed by atoms with van der Waals surface area (Å²) < 4.78 is 3.29. The molecule has 0 N–H and O–H groups in total. The van der Waals surface area contributed by atoms with Crippen molar-refractivity contribution in [2.75, 3.05) is 11.4 Å². The number of aryl methyl sites for hydroxylation is 1. The van der Waals surface area contributed by atoms with Gasteiger partial charge in [-0.1, -0.05) is 104 Å². The molecular formula is C38H32N2O4S2. The molecule has 4 aromatic carbocycles. The van der Waals surface area contributed by atoms with Crippen molar-refractivity contribution in [2.24, 2.45) is 0 Å². The second-order valence-corrected chi connectivity index (χ2v) is 13.7. The van der Waals surface area contributed by atoms with E-state index in [1.165, 1.54) is 0 Å². The number of allylic oxidation sites excluding steroid dienone is 3. The summed E-state index contributed by atoms with van der Waals surface area (Å²) >= 11 is 3.15. The van der Waals surface area contributed by atoms with Gasteiger partial charge >= 0.3 is 0 Å². The number of hydrogen-bond acceptors (Lipinski definition) is 7. The van der Waals surface area contributed by atoms with E-state index in [9.17, 15) is 19.5 Å². The zero-order valence-electron chi connectivity index (χ0n) is 25.7. The van der Waals surface area contributed by atoms with Crippen LogP contribution in [0.15, 0.2) is 110 Å². The summed E-state index contributed by atoms with van der Waals surface area (Å²) in [6, 6.07) is 22.8. The van der Waals surface area contributed by atoms with Gasteiger partial charge in [-0.2, -0.15) is 4.57 Å². The van der Waals surface area contributed by atoms with Crippen molar-refractivity contribution in [3.05, 3.63) is 142 Å². The molecule has 0 saturated carbocycles. The van der Waals surface area contributed by atoms with Crippen LogP contribution in [0.3, 0.4) is 0 Å². The van der Waals surface area contributed by atoms with E-state index in [4.69, 9.17) is 0 Å². The zero-order chi connectivity index (χ0) is 31.9. The fourth-order valence-corrected chi connectivity index (χ4v) is 8.34. The largest absolute Gasteiger partial charge is 0.871 e. The fraction of sp³-hybridized carbons (Fsp3) is 0.211. The number of unbranched alkanes of at least 4 members (excludes halogenated alkanes) is 2. The smallest absolute Gasteiger partial charge is 0.263 e. The molecule has 6 nitrogen and oxygen atoms in total. The number of hydrogen-bond donors (Lipinski definition) is 0. The van der Waals surface area contributed by atoms with Gasteiger partial charge in [-0.25, -0.2) is 0 Å². The molecule has 0 saturated heterocycles. The van der Waals surface area contributed by atoms with Gasteiger partial charge in [0, 0.05) is 41.1 Å². The van der Waals surface area contributed by atoms with E-state index in [0.717, 1.165) is 69.6 Å². The van der Waals surface area contributed by atoms with E-state index >= 15 is 0 Å². The lowest BCUT2D eigenvalue weighted by atomic mass is 9.86. The van der Waals surface area contributed by atoms with Gasteiger partial charge in [-0.05, 0) is 41.1 Å². The maximum Gasteiger partial charge on any atom is 0.263 e. The summed E-state index contributed by atoms with van der Waals surface area (Å²) in [6.45, 7) is 5.91. The zero-order valence-corrected chi connectivity index (χ0v) is 27.3. The molecular weight excluding hydrogens is 613 g/mol. The maximum absolute atomic E-state index is 13.2. The quantitative estimate of drug-likeness (QED) is 0.235. The molecule has 1 aliphatic carbocycles. The van der Waals surface area contributed by atoms with E-state index in [0.29, 0.717) is 10.4 Å². The number of rotatable bonds is 8. The summed E-state index contributed by atoms with van der Waals surface area (Å²) in [7, 11) is 0. The predicted octanol–water partition coefficient (Wildman–Crippen LogP) is 4.30. The number of nitrogens with zero attached hydrogens (tertiary/aromatic N) is 2. The Morgan fingerprint density at radius 1 is 0.826 bits per heavy atom. The number of fused-ring (bicyclic) bond motifs is 2. The Balaban J connectivity index is 1.23. The number of thiazole rings is 1. The average Bonchev–Trinajstić information content (AvgIpc) is 3.62. The highest BCUT2D eigenvalue weighted by molar-refractivity contribution is 8.03. The maximum atomic E-state index is 13.2. The van der Waals surface area contributed by atoms with E-state index in [2.05, 4.69) is 47.6 Å². The van der Waals surface area contributed by atoms with Crippen LogP contribution in [0.25, 0.3) is 21.9 Å². The van der Waals surface area contributed by atoms with Crippen LogP contribution in [0.5, 0.6) is 0 Å². The van der Waals surface area contributed by atoms with Gasteiger partial charge in [-0.15, -0.1) is 0 Å². The summed E-state index contributed by atoms with van der Waals surface area (Å²) in [4.78, 5) is 43.0. The average molecular weight is 645 g/mol. The Kier molecular flexibility index (Phi) is 8.09. The third-order valence-electron chi connectivity index (χ3n) is 8.63.